The SMILES string of the molecule is CN(C(=O)OCc1c(-c2ccc(Br)cn2)ncn1C)C1CCCC1.Cn1cnc(-c2ccc(Br)cn2)c1CO.Cn1cnc(-c2ccc(Br)cn2)c1COC(=O)Oc1ccc([N+](=O)[O-])cc1. The predicted molar refractivity (Wildman–Crippen MR) is 252 cm³/mol. The van der Waals surface area contributed by atoms with Crippen LogP contribution in [-0.2, 0) is 50.4 Å². The van der Waals surface area contributed by atoms with Crippen LogP contribution in [0, 0.1) is 10.1 Å². The fourth-order valence-electron chi connectivity index (χ4n) is 6.64. The van der Waals surface area contributed by atoms with Gasteiger partial charge in [0.25, 0.3) is 5.69 Å². The molecule has 344 valence electrons. The minimum absolute atomic E-state index is 0.0381. The first-order chi connectivity index (χ1) is 31.7. The highest BCUT2D eigenvalue weighted by atomic mass is 79.9. The van der Waals surface area contributed by atoms with E-state index in [-0.39, 0.29) is 37.4 Å². The van der Waals surface area contributed by atoms with Crippen LogP contribution in [0.2, 0.25) is 0 Å². The molecule has 1 amide bonds. The maximum absolute atomic E-state index is 12.3. The molecule has 1 saturated carbocycles. The predicted octanol–water partition coefficient (Wildman–Crippen LogP) is 9.36. The lowest BCUT2D eigenvalue weighted by atomic mass is 10.2. The molecular formula is C44H44Br3N11O8. The first kappa shape index (κ1) is 49.1. The van der Waals surface area contributed by atoms with E-state index < -0.39 is 11.1 Å². The third-order valence-electron chi connectivity index (χ3n) is 10.3. The minimum atomic E-state index is -0.931. The molecule has 0 atom stereocenters. The van der Waals surface area contributed by atoms with Gasteiger partial charge in [0.15, 0.2) is 0 Å². The topological polar surface area (TPSA) is 221 Å². The average molecular weight is 1090 g/mol. The number of carbonyl (C=O) groups is 2. The molecule has 1 aromatic carbocycles. The number of ether oxygens (including phenoxy) is 3. The van der Waals surface area contributed by atoms with Crippen molar-refractivity contribution in [2.24, 2.45) is 21.1 Å². The highest BCUT2D eigenvalue weighted by Crippen LogP contribution is 2.27. The van der Waals surface area contributed by atoms with Crippen LogP contribution in [-0.4, -0.2) is 83.9 Å². The third-order valence-corrected chi connectivity index (χ3v) is 11.7. The first-order valence-corrected chi connectivity index (χ1v) is 22.6. The van der Waals surface area contributed by atoms with Crippen LogP contribution < -0.4 is 4.74 Å². The van der Waals surface area contributed by atoms with Crippen LogP contribution in [0.3, 0.4) is 0 Å². The number of non-ortho nitro benzene ring substituents is 1. The zero-order valence-electron chi connectivity index (χ0n) is 36.1. The van der Waals surface area contributed by atoms with Crippen LogP contribution in [0.1, 0.15) is 42.8 Å². The van der Waals surface area contributed by atoms with Gasteiger partial charge in [-0.05, 0) is 109 Å². The monoisotopic (exact) mass is 1090 g/mol. The molecule has 1 aliphatic rings. The number of aliphatic hydroxyl groups excluding tert-OH is 1. The molecule has 0 aliphatic heterocycles. The Balaban J connectivity index is 0.000000170. The van der Waals surface area contributed by atoms with Crippen molar-refractivity contribution in [3.8, 4) is 39.9 Å². The van der Waals surface area contributed by atoms with Crippen molar-refractivity contribution in [2.75, 3.05) is 7.05 Å². The molecule has 1 fully saturated rings. The number of aromatic nitrogens is 9. The van der Waals surface area contributed by atoms with E-state index in [0.29, 0.717) is 23.1 Å². The Kier molecular flexibility index (Phi) is 17.3. The van der Waals surface area contributed by atoms with Gasteiger partial charge < -0.3 is 37.9 Å². The maximum Gasteiger partial charge on any atom is 0.514 e. The summed E-state index contributed by atoms with van der Waals surface area (Å²) in [5.41, 5.74) is 6.37. The highest BCUT2D eigenvalue weighted by molar-refractivity contribution is 9.11. The molecule has 1 N–H and O–H groups in total. The second kappa shape index (κ2) is 23.2. The summed E-state index contributed by atoms with van der Waals surface area (Å²) >= 11 is 10.0. The van der Waals surface area contributed by atoms with E-state index in [1.54, 1.807) is 64.7 Å². The van der Waals surface area contributed by atoms with Crippen molar-refractivity contribution in [1.29, 1.82) is 0 Å². The summed E-state index contributed by atoms with van der Waals surface area (Å²) in [7, 11) is 7.33. The number of nitro groups is 1. The molecular weight excluding hydrogens is 1050 g/mol. The van der Waals surface area contributed by atoms with Crippen LogP contribution in [0.4, 0.5) is 15.3 Å². The Morgan fingerprint density at radius 2 is 1.11 bits per heavy atom. The smallest absolute Gasteiger partial charge is 0.443 e. The van der Waals surface area contributed by atoms with Crippen molar-refractivity contribution >= 4 is 65.7 Å². The standard InChI is InChI=1S/C17H13BrN4O5.C17H21BrN4O2.C10H10BrN3O/c1-21-10-20-16(14-7-2-11(18)8-19-14)15(21)9-26-17(23)27-13-5-3-12(4-6-13)22(24)25;1-21-11-20-16(14-8-7-12(18)9-19-14)15(21)10-24-17(23)22(2)13-5-3-4-6-13;1-14-6-13-10(9(14)5-15)8-3-2-7(11)4-12-8/h2-8,10H,9H2,1H3;7-9,11,13H,3-6,10H2,1-2H3;2-4,6,15H,5H2,1H3. The summed E-state index contributed by atoms with van der Waals surface area (Å²) in [6.07, 6.45) is 13.4. The zero-order valence-corrected chi connectivity index (χ0v) is 40.9. The fraction of sp³-hybridized carbons (Fsp3) is 0.273. The zero-order chi connectivity index (χ0) is 47.3. The molecule has 6 aromatic heterocycles. The summed E-state index contributed by atoms with van der Waals surface area (Å²) in [5.74, 6) is 0.144. The molecule has 0 spiro atoms. The number of nitro benzene ring substituents is 1. The molecule has 7 aromatic rings. The number of aryl methyl sites for hydroxylation is 3. The number of rotatable bonds is 11. The molecule has 0 unspecified atom stereocenters. The van der Waals surface area contributed by atoms with Gasteiger partial charge >= 0.3 is 12.2 Å². The molecule has 0 radical (unpaired) electrons. The van der Waals surface area contributed by atoms with E-state index in [4.69, 9.17) is 14.2 Å². The number of hydrogen-bond acceptors (Lipinski definition) is 14. The van der Waals surface area contributed by atoms with Crippen molar-refractivity contribution in [1.82, 2.24) is 48.5 Å². The van der Waals surface area contributed by atoms with Gasteiger partial charge in [-0.2, -0.15) is 0 Å². The van der Waals surface area contributed by atoms with Crippen LogP contribution in [0.15, 0.2) is 112 Å². The number of carbonyl (C=O) groups excluding carboxylic acids is 2. The van der Waals surface area contributed by atoms with Crippen molar-refractivity contribution in [3.05, 3.63) is 139 Å². The van der Waals surface area contributed by atoms with Crippen molar-refractivity contribution < 1.29 is 33.8 Å². The van der Waals surface area contributed by atoms with Gasteiger partial charge in [0, 0.05) is 78.4 Å². The molecule has 0 saturated heterocycles. The molecule has 0 bridgehead atoms. The van der Waals surface area contributed by atoms with E-state index >= 15 is 0 Å². The lowest BCUT2D eigenvalue weighted by Crippen LogP contribution is -2.35. The lowest BCUT2D eigenvalue weighted by molar-refractivity contribution is -0.384. The quantitative estimate of drug-likeness (QED) is 0.0552. The maximum atomic E-state index is 12.3. The minimum Gasteiger partial charge on any atom is -0.443 e. The summed E-state index contributed by atoms with van der Waals surface area (Å²) < 4.78 is 23.7. The summed E-state index contributed by atoms with van der Waals surface area (Å²) in [6.45, 7) is 0.0679. The van der Waals surface area contributed by atoms with Gasteiger partial charge in [-0.3, -0.25) is 25.1 Å². The van der Waals surface area contributed by atoms with Gasteiger partial charge in [-0.15, -0.1) is 0 Å². The lowest BCUT2D eigenvalue weighted by Gasteiger charge is -2.23. The van der Waals surface area contributed by atoms with Crippen molar-refractivity contribution in [3.63, 3.8) is 0 Å². The summed E-state index contributed by atoms with van der Waals surface area (Å²) in [4.78, 5) is 61.8. The van der Waals surface area contributed by atoms with Crippen LogP contribution >= 0.6 is 47.8 Å². The third kappa shape index (κ3) is 12.9. The molecule has 22 heteroatoms. The second-order valence-electron chi connectivity index (χ2n) is 14.7. The molecule has 19 nitrogen and oxygen atoms in total. The summed E-state index contributed by atoms with van der Waals surface area (Å²) in [5, 5.41) is 19.8. The van der Waals surface area contributed by atoms with Gasteiger partial charge in [-0.1, -0.05) is 12.8 Å². The number of benzene rings is 1. The Bertz CT molecular complexity index is 2720. The number of imidazole rings is 3. The number of hydrogen-bond donors (Lipinski definition) is 1. The largest absolute Gasteiger partial charge is 0.514 e. The van der Waals surface area contributed by atoms with Gasteiger partial charge in [-0.25, -0.2) is 24.5 Å². The van der Waals surface area contributed by atoms with E-state index in [2.05, 4.69) is 77.7 Å². The Hall–Kier alpha value is -6.36. The Morgan fingerprint density at radius 1 is 0.682 bits per heavy atom. The normalized spacial score (nSPS) is 12.1. The number of halogens is 3. The molecule has 66 heavy (non-hydrogen) atoms. The van der Waals surface area contributed by atoms with E-state index in [1.807, 2.05) is 56.0 Å². The number of pyridine rings is 3. The molecule has 1 aliphatic carbocycles. The van der Waals surface area contributed by atoms with E-state index in [1.165, 1.54) is 37.1 Å². The summed E-state index contributed by atoms with van der Waals surface area (Å²) in [6, 6.07) is 16.6. The highest BCUT2D eigenvalue weighted by Gasteiger charge is 2.25. The van der Waals surface area contributed by atoms with Crippen LogP contribution in [0.25, 0.3) is 34.2 Å². The number of nitrogens with zero attached hydrogens (tertiary/aromatic N) is 11. The van der Waals surface area contributed by atoms with Crippen molar-refractivity contribution in [2.45, 2.75) is 51.5 Å². The number of amides is 1. The van der Waals surface area contributed by atoms with E-state index in [9.17, 15) is 24.8 Å². The second-order valence-corrected chi connectivity index (χ2v) is 17.4. The Morgan fingerprint density at radius 3 is 1.52 bits per heavy atom. The van der Waals surface area contributed by atoms with Crippen LogP contribution in [0.5, 0.6) is 5.75 Å². The average Bonchev–Trinajstić information content (AvgIpc) is 4.14. The first-order valence-electron chi connectivity index (χ1n) is 20.2. The van der Waals surface area contributed by atoms with E-state index in [0.717, 1.165) is 60.4 Å². The fourth-order valence-corrected chi connectivity index (χ4v) is 7.35. The van der Waals surface area contributed by atoms with Gasteiger partial charge in [0.2, 0.25) is 0 Å². The van der Waals surface area contributed by atoms with Gasteiger partial charge in [0.05, 0.1) is 64.7 Å². The molecule has 8 rings (SSSR count). The van der Waals surface area contributed by atoms with Gasteiger partial charge in [0.1, 0.15) is 36.0 Å². The molecule has 6 heterocycles. The Labute approximate surface area is 404 Å². The number of aliphatic hydroxyl groups is 1.